The van der Waals surface area contributed by atoms with Crippen LogP contribution in [0.1, 0.15) is 46.5 Å². The molecule has 84 valence electrons. The van der Waals surface area contributed by atoms with Crippen molar-refractivity contribution in [1.82, 2.24) is 5.32 Å². The van der Waals surface area contributed by atoms with Gasteiger partial charge in [0.25, 0.3) is 0 Å². The van der Waals surface area contributed by atoms with Crippen LogP contribution in [0.4, 0.5) is 4.79 Å². The molecule has 0 aliphatic heterocycles. The van der Waals surface area contributed by atoms with E-state index in [0.29, 0.717) is 12.0 Å². The van der Waals surface area contributed by atoms with E-state index in [2.05, 4.69) is 30.8 Å². The molecular formula is C11H23NO2. The Morgan fingerprint density at radius 3 is 2.50 bits per heavy atom. The average molecular weight is 201 g/mol. The van der Waals surface area contributed by atoms with Crippen molar-refractivity contribution in [2.75, 3.05) is 13.7 Å². The number of rotatable bonds is 6. The number of amides is 1. The summed E-state index contributed by atoms with van der Waals surface area (Å²) in [5.41, 5.74) is 0.436. The highest BCUT2D eigenvalue weighted by molar-refractivity contribution is 5.66. The number of hydrogen-bond donors (Lipinski definition) is 1. The molecule has 0 aliphatic rings. The lowest BCUT2D eigenvalue weighted by molar-refractivity contribution is 0.170. The lowest BCUT2D eigenvalue weighted by Crippen LogP contribution is -2.24. The van der Waals surface area contributed by atoms with Crippen LogP contribution in [-0.2, 0) is 4.74 Å². The third-order valence-electron chi connectivity index (χ3n) is 2.69. The van der Waals surface area contributed by atoms with Gasteiger partial charge in [0.2, 0.25) is 0 Å². The second-order valence-electron chi connectivity index (χ2n) is 4.39. The van der Waals surface area contributed by atoms with Crippen LogP contribution < -0.4 is 5.32 Å². The number of hydrogen-bond acceptors (Lipinski definition) is 2. The van der Waals surface area contributed by atoms with E-state index >= 15 is 0 Å². The van der Waals surface area contributed by atoms with Crippen LogP contribution in [0.3, 0.4) is 0 Å². The third-order valence-corrected chi connectivity index (χ3v) is 2.69. The standard InChI is InChI=1S/C11H23NO2/c1-5-11(2,3)8-6-7-9-12-10(13)14-4/h5-9H2,1-4H3,(H,12,13). The molecule has 0 radical (unpaired) electrons. The van der Waals surface area contributed by atoms with Gasteiger partial charge in [0.15, 0.2) is 0 Å². The molecule has 0 aromatic rings. The summed E-state index contributed by atoms with van der Waals surface area (Å²) < 4.78 is 4.47. The zero-order valence-corrected chi connectivity index (χ0v) is 9.85. The van der Waals surface area contributed by atoms with Gasteiger partial charge < -0.3 is 10.1 Å². The highest BCUT2D eigenvalue weighted by Crippen LogP contribution is 2.26. The van der Waals surface area contributed by atoms with Gasteiger partial charge in [0.05, 0.1) is 7.11 Å². The van der Waals surface area contributed by atoms with E-state index in [9.17, 15) is 4.79 Å². The molecule has 0 aliphatic carbocycles. The third kappa shape index (κ3) is 6.75. The van der Waals surface area contributed by atoms with Gasteiger partial charge in [-0.1, -0.05) is 33.6 Å². The Morgan fingerprint density at radius 1 is 1.36 bits per heavy atom. The predicted octanol–water partition coefficient (Wildman–Crippen LogP) is 2.95. The first-order chi connectivity index (χ1) is 6.52. The molecule has 1 amide bonds. The van der Waals surface area contributed by atoms with E-state index in [1.165, 1.54) is 20.0 Å². The molecule has 3 nitrogen and oxygen atoms in total. The van der Waals surface area contributed by atoms with Gasteiger partial charge in [-0.05, 0) is 18.3 Å². The Bertz CT molecular complexity index is 167. The molecule has 0 saturated heterocycles. The van der Waals surface area contributed by atoms with Crippen molar-refractivity contribution < 1.29 is 9.53 Å². The van der Waals surface area contributed by atoms with Crippen molar-refractivity contribution in [3.05, 3.63) is 0 Å². The molecule has 0 atom stereocenters. The molecule has 0 spiro atoms. The van der Waals surface area contributed by atoms with Gasteiger partial charge in [-0.15, -0.1) is 0 Å². The molecule has 0 bridgehead atoms. The molecule has 0 heterocycles. The van der Waals surface area contributed by atoms with Crippen molar-refractivity contribution in [2.45, 2.75) is 46.5 Å². The molecule has 0 unspecified atom stereocenters. The van der Waals surface area contributed by atoms with Crippen LogP contribution in [-0.4, -0.2) is 19.7 Å². The van der Waals surface area contributed by atoms with Crippen LogP contribution in [0.2, 0.25) is 0 Å². The van der Waals surface area contributed by atoms with Gasteiger partial charge in [-0.25, -0.2) is 4.79 Å². The Morgan fingerprint density at radius 2 is 2.00 bits per heavy atom. The van der Waals surface area contributed by atoms with Gasteiger partial charge in [-0.2, -0.15) is 0 Å². The fourth-order valence-corrected chi connectivity index (χ4v) is 1.17. The van der Waals surface area contributed by atoms with Gasteiger partial charge in [0, 0.05) is 6.54 Å². The largest absolute Gasteiger partial charge is 0.453 e. The highest BCUT2D eigenvalue weighted by atomic mass is 16.5. The van der Waals surface area contributed by atoms with Crippen molar-refractivity contribution in [3.8, 4) is 0 Å². The van der Waals surface area contributed by atoms with E-state index in [-0.39, 0.29) is 6.09 Å². The number of methoxy groups -OCH3 is 1. The molecule has 0 rings (SSSR count). The SMILES string of the molecule is CCC(C)(C)CCCCNC(=O)OC. The minimum absolute atomic E-state index is 0.334. The van der Waals surface area contributed by atoms with Crippen molar-refractivity contribution in [3.63, 3.8) is 0 Å². The zero-order chi connectivity index (χ0) is 11.0. The molecule has 0 aromatic heterocycles. The quantitative estimate of drug-likeness (QED) is 0.671. The number of alkyl carbamates (subject to hydrolysis) is 1. The maximum atomic E-state index is 10.7. The molecule has 0 aromatic carbocycles. The summed E-state index contributed by atoms with van der Waals surface area (Å²) in [6, 6.07) is 0. The second-order valence-corrected chi connectivity index (χ2v) is 4.39. The summed E-state index contributed by atoms with van der Waals surface area (Å²) in [7, 11) is 1.38. The predicted molar refractivity (Wildman–Crippen MR) is 58.3 cm³/mol. The van der Waals surface area contributed by atoms with Crippen LogP contribution >= 0.6 is 0 Å². The Labute approximate surface area is 87.2 Å². The minimum Gasteiger partial charge on any atom is -0.453 e. The monoisotopic (exact) mass is 201 g/mol. The first kappa shape index (κ1) is 13.3. The van der Waals surface area contributed by atoms with Crippen LogP contribution in [0.5, 0.6) is 0 Å². The first-order valence-electron chi connectivity index (χ1n) is 5.33. The van der Waals surface area contributed by atoms with Crippen molar-refractivity contribution >= 4 is 6.09 Å². The molecule has 3 heteroatoms. The first-order valence-corrected chi connectivity index (χ1v) is 5.33. The summed E-state index contributed by atoms with van der Waals surface area (Å²) in [5, 5.41) is 2.68. The lowest BCUT2D eigenvalue weighted by Gasteiger charge is -2.22. The summed E-state index contributed by atoms with van der Waals surface area (Å²) in [5.74, 6) is 0. The van der Waals surface area contributed by atoms with Crippen LogP contribution in [0.15, 0.2) is 0 Å². The Balaban J connectivity index is 3.34. The van der Waals surface area contributed by atoms with Crippen molar-refractivity contribution in [1.29, 1.82) is 0 Å². The van der Waals surface area contributed by atoms with E-state index in [1.54, 1.807) is 0 Å². The Hall–Kier alpha value is -0.730. The zero-order valence-electron chi connectivity index (χ0n) is 9.85. The summed E-state index contributed by atoms with van der Waals surface area (Å²) in [4.78, 5) is 10.7. The van der Waals surface area contributed by atoms with Gasteiger partial charge in [0.1, 0.15) is 0 Å². The second kappa shape index (κ2) is 6.68. The minimum atomic E-state index is -0.334. The normalized spacial score (nSPS) is 11.1. The van der Waals surface area contributed by atoms with E-state index < -0.39 is 0 Å². The molecule has 14 heavy (non-hydrogen) atoms. The summed E-state index contributed by atoms with van der Waals surface area (Å²) in [6.07, 6.45) is 4.27. The number of ether oxygens (including phenoxy) is 1. The highest BCUT2D eigenvalue weighted by Gasteiger charge is 2.13. The fourth-order valence-electron chi connectivity index (χ4n) is 1.17. The smallest absolute Gasteiger partial charge is 0.406 e. The van der Waals surface area contributed by atoms with Gasteiger partial charge in [-0.3, -0.25) is 0 Å². The van der Waals surface area contributed by atoms with E-state index in [1.807, 2.05) is 0 Å². The number of nitrogens with one attached hydrogen (secondary N) is 1. The molecule has 0 fully saturated rings. The number of carbonyl (C=O) groups is 1. The molecule has 1 N–H and O–H groups in total. The van der Waals surface area contributed by atoms with Gasteiger partial charge >= 0.3 is 6.09 Å². The van der Waals surface area contributed by atoms with Crippen LogP contribution in [0.25, 0.3) is 0 Å². The molecule has 0 saturated carbocycles. The number of unbranched alkanes of at least 4 members (excludes halogenated alkanes) is 1. The summed E-state index contributed by atoms with van der Waals surface area (Å²) in [6.45, 7) is 7.49. The maximum absolute atomic E-state index is 10.7. The lowest BCUT2D eigenvalue weighted by atomic mass is 9.85. The molecular weight excluding hydrogens is 178 g/mol. The number of carbonyl (C=O) groups excluding carboxylic acids is 1. The van der Waals surface area contributed by atoms with Crippen molar-refractivity contribution in [2.24, 2.45) is 5.41 Å². The fraction of sp³-hybridized carbons (Fsp3) is 0.909. The summed E-state index contributed by atoms with van der Waals surface area (Å²) >= 11 is 0. The topological polar surface area (TPSA) is 38.3 Å². The maximum Gasteiger partial charge on any atom is 0.406 e. The van der Waals surface area contributed by atoms with E-state index in [4.69, 9.17) is 0 Å². The average Bonchev–Trinajstić information content (AvgIpc) is 2.17. The van der Waals surface area contributed by atoms with E-state index in [0.717, 1.165) is 12.8 Å². The Kier molecular flexibility index (Phi) is 6.34. The van der Waals surface area contributed by atoms with Crippen LogP contribution in [0, 0.1) is 5.41 Å².